The van der Waals surface area contributed by atoms with Gasteiger partial charge < -0.3 is 10.2 Å². The Morgan fingerprint density at radius 2 is 1.75 bits per heavy atom. The van der Waals surface area contributed by atoms with Crippen molar-refractivity contribution in [3.05, 3.63) is 0 Å². The highest BCUT2D eigenvalue weighted by molar-refractivity contribution is 7.99. The first-order valence-corrected chi connectivity index (χ1v) is 9.59. The monoisotopic (exact) mass is 298 g/mol. The van der Waals surface area contributed by atoms with Crippen LogP contribution >= 0.6 is 11.8 Å². The fourth-order valence-electron chi connectivity index (χ4n) is 3.45. The summed E-state index contributed by atoms with van der Waals surface area (Å²) >= 11 is 2.12. The number of nitrogens with one attached hydrogen (secondary N) is 1. The van der Waals surface area contributed by atoms with Crippen molar-refractivity contribution < 1.29 is 0 Å². The van der Waals surface area contributed by atoms with E-state index in [0.717, 1.165) is 5.92 Å². The predicted octanol–water partition coefficient (Wildman–Crippen LogP) is 3.62. The number of thioether (sulfide) groups is 1. The average molecular weight is 299 g/mol. The normalized spacial score (nSPS) is 33.3. The van der Waals surface area contributed by atoms with Crippen molar-refractivity contribution >= 4 is 11.8 Å². The van der Waals surface area contributed by atoms with Gasteiger partial charge in [0.25, 0.3) is 0 Å². The van der Waals surface area contributed by atoms with E-state index in [2.05, 4.69) is 49.7 Å². The van der Waals surface area contributed by atoms with Gasteiger partial charge in [0.05, 0.1) is 0 Å². The van der Waals surface area contributed by atoms with Crippen molar-refractivity contribution in [1.82, 2.24) is 10.2 Å². The second kappa shape index (κ2) is 7.02. The van der Waals surface area contributed by atoms with Crippen LogP contribution in [0.15, 0.2) is 0 Å². The molecule has 0 unspecified atom stereocenters. The number of rotatable bonds is 4. The maximum atomic E-state index is 3.80. The SMILES string of the molecule is CC1CCC(CNC(C)(C)C)(CN2CCSCC2)CC1. The quantitative estimate of drug-likeness (QED) is 0.853. The van der Waals surface area contributed by atoms with Gasteiger partial charge in [-0.25, -0.2) is 0 Å². The molecule has 2 aliphatic rings. The summed E-state index contributed by atoms with van der Waals surface area (Å²) in [7, 11) is 0. The van der Waals surface area contributed by atoms with E-state index in [1.54, 1.807) is 0 Å². The van der Waals surface area contributed by atoms with Crippen LogP contribution < -0.4 is 5.32 Å². The first kappa shape index (κ1) is 16.6. The fraction of sp³-hybridized carbons (Fsp3) is 1.00. The van der Waals surface area contributed by atoms with E-state index in [1.165, 1.54) is 63.4 Å². The van der Waals surface area contributed by atoms with Crippen molar-refractivity contribution in [3.8, 4) is 0 Å². The minimum atomic E-state index is 0.244. The van der Waals surface area contributed by atoms with Gasteiger partial charge in [0.1, 0.15) is 0 Å². The largest absolute Gasteiger partial charge is 0.311 e. The Morgan fingerprint density at radius 3 is 2.30 bits per heavy atom. The second-order valence-corrected chi connectivity index (χ2v) is 9.40. The van der Waals surface area contributed by atoms with Crippen LogP contribution in [0.5, 0.6) is 0 Å². The second-order valence-electron chi connectivity index (χ2n) is 8.17. The van der Waals surface area contributed by atoms with Crippen LogP contribution in [0.2, 0.25) is 0 Å². The van der Waals surface area contributed by atoms with Crippen molar-refractivity contribution in [2.45, 2.75) is 58.9 Å². The molecule has 0 aromatic heterocycles. The first-order chi connectivity index (χ1) is 9.39. The summed E-state index contributed by atoms with van der Waals surface area (Å²) in [5.74, 6) is 3.60. The zero-order valence-electron chi connectivity index (χ0n) is 14.0. The molecule has 1 saturated heterocycles. The third-order valence-corrected chi connectivity index (χ3v) is 5.93. The summed E-state index contributed by atoms with van der Waals surface area (Å²) in [6.45, 7) is 14.4. The van der Waals surface area contributed by atoms with E-state index >= 15 is 0 Å². The molecule has 1 aliphatic heterocycles. The van der Waals surface area contributed by atoms with E-state index in [1.807, 2.05) is 0 Å². The molecule has 1 N–H and O–H groups in total. The van der Waals surface area contributed by atoms with Gasteiger partial charge in [-0.1, -0.05) is 19.8 Å². The maximum absolute atomic E-state index is 3.80. The summed E-state index contributed by atoms with van der Waals surface area (Å²) in [4.78, 5) is 2.73. The molecule has 1 saturated carbocycles. The Morgan fingerprint density at radius 1 is 1.15 bits per heavy atom. The molecule has 3 heteroatoms. The van der Waals surface area contributed by atoms with Gasteiger partial charge in [0, 0.05) is 43.2 Å². The smallest absolute Gasteiger partial charge is 0.00967 e. The molecule has 0 atom stereocenters. The van der Waals surface area contributed by atoms with Crippen LogP contribution in [0.25, 0.3) is 0 Å². The first-order valence-electron chi connectivity index (χ1n) is 8.44. The molecule has 0 spiro atoms. The lowest BCUT2D eigenvalue weighted by Crippen LogP contribution is -2.51. The van der Waals surface area contributed by atoms with Gasteiger partial charge in [0.15, 0.2) is 0 Å². The van der Waals surface area contributed by atoms with Crippen molar-refractivity contribution in [3.63, 3.8) is 0 Å². The Bertz CT molecular complexity index is 284. The standard InChI is InChI=1S/C17H34N2S/c1-15-5-7-17(8-6-15,13-18-16(2,3)4)14-19-9-11-20-12-10-19/h15,18H,5-14H2,1-4H3. The molecule has 2 rings (SSSR count). The molecule has 0 aromatic rings. The minimum Gasteiger partial charge on any atom is -0.311 e. The summed E-state index contributed by atoms with van der Waals surface area (Å²) in [6.07, 6.45) is 5.69. The van der Waals surface area contributed by atoms with Gasteiger partial charge >= 0.3 is 0 Å². The van der Waals surface area contributed by atoms with Gasteiger partial charge in [0.2, 0.25) is 0 Å². The summed E-state index contributed by atoms with van der Waals surface area (Å²) in [5.41, 5.74) is 0.773. The molecule has 2 fully saturated rings. The highest BCUT2D eigenvalue weighted by atomic mass is 32.2. The van der Waals surface area contributed by atoms with Crippen LogP contribution in [-0.2, 0) is 0 Å². The summed E-state index contributed by atoms with van der Waals surface area (Å²) < 4.78 is 0. The lowest BCUT2D eigenvalue weighted by atomic mass is 9.70. The highest BCUT2D eigenvalue weighted by Crippen LogP contribution is 2.39. The van der Waals surface area contributed by atoms with Crippen molar-refractivity contribution in [1.29, 1.82) is 0 Å². The topological polar surface area (TPSA) is 15.3 Å². The lowest BCUT2D eigenvalue weighted by Gasteiger charge is -2.45. The molecule has 0 bridgehead atoms. The minimum absolute atomic E-state index is 0.244. The number of nitrogens with zero attached hydrogens (tertiary/aromatic N) is 1. The van der Waals surface area contributed by atoms with Crippen molar-refractivity contribution in [2.75, 3.05) is 37.7 Å². The zero-order chi connectivity index (χ0) is 14.6. The molecule has 0 aromatic carbocycles. The number of hydrogen-bond donors (Lipinski definition) is 1. The molecule has 1 aliphatic carbocycles. The fourth-order valence-corrected chi connectivity index (χ4v) is 4.43. The molecular formula is C17H34N2S. The Labute approximate surface area is 130 Å². The van der Waals surface area contributed by atoms with Crippen molar-refractivity contribution in [2.24, 2.45) is 11.3 Å². The average Bonchev–Trinajstić information content (AvgIpc) is 2.40. The Hall–Kier alpha value is 0.270. The van der Waals surface area contributed by atoms with Crippen LogP contribution in [0, 0.1) is 11.3 Å². The molecule has 0 radical (unpaired) electrons. The van der Waals surface area contributed by atoms with Gasteiger partial charge in [-0.15, -0.1) is 0 Å². The van der Waals surface area contributed by atoms with Crippen LogP contribution in [0.3, 0.4) is 0 Å². The van der Waals surface area contributed by atoms with Crippen LogP contribution in [-0.4, -0.2) is 48.1 Å². The zero-order valence-corrected chi connectivity index (χ0v) is 14.8. The van der Waals surface area contributed by atoms with Crippen LogP contribution in [0.4, 0.5) is 0 Å². The molecule has 20 heavy (non-hydrogen) atoms. The molecular weight excluding hydrogens is 264 g/mol. The molecule has 1 heterocycles. The summed E-state index contributed by atoms with van der Waals surface area (Å²) in [5, 5.41) is 3.80. The Kier molecular flexibility index (Phi) is 5.84. The van der Waals surface area contributed by atoms with Gasteiger partial charge in [-0.3, -0.25) is 0 Å². The van der Waals surface area contributed by atoms with Crippen LogP contribution in [0.1, 0.15) is 53.4 Å². The Balaban J connectivity index is 1.95. The summed E-state index contributed by atoms with van der Waals surface area (Å²) in [6, 6.07) is 0. The lowest BCUT2D eigenvalue weighted by molar-refractivity contribution is 0.0845. The number of hydrogen-bond acceptors (Lipinski definition) is 3. The maximum Gasteiger partial charge on any atom is 0.00967 e. The van der Waals surface area contributed by atoms with E-state index in [4.69, 9.17) is 0 Å². The van der Waals surface area contributed by atoms with E-state index in [-0.39, 0.29) is 5.54 Å². The molecule has 118 valence electrons. The highest BCUT2D eigenvalue weighted by Gasteiger charge is 2.36. The van der Waals surface area contributed by atoms with Gasteiger partial charge in [-0.2, -0.15) is 11.8 Å². The van der Waals surface area contributed by atoms with E-state index in [9.17, 15) is 0 Å². The molecule has 0 amide bonds. The van der Waals surface area contributed by atoms with Gasteiger partial charge in [-0.05, 0) is 44.9 Å². The third kappa shape index (κ3) is 5.23. The molecule has 2 nitrogen and oxygen atoms in total. The van der Waals surface area contributed by atoms with E-state index in [0.29, 0.717) is 5.41 Å². The van der Waals surface area contributed by atoms with E-state index < -0.39 is 0 Å². The third-order valence-electron chi connectivity index (χ3n) is 4.99. The predicted molar refractivity (Wildman–Crippen MR) is 91.6 cm³/mol.